The normalized spacial score (nSPS) is 13.2. The van der Waals surface area contributed by atoms with E-state index in [0.29, 0.717) is 23.0 Å². The van der Waals surface area contributed by atoms with Gasteiger partial charge in [0.1, 0.15) is 5.75 Å². The number of ether oxygens (including phenoxy) is 4. The third-order valence-electron chi connectivity index (χ3n) is 3.15. The lowest BCUT2D eigenvalue weighted by atomic mass is 10.1. The second-order valence-corrected chi connectivity index (χ2v) is 4.80. The minimum Gasteiger partial charge on any atom is -0.508 e. The molecular formula is C16H14O7. The largest absolute Gasteiger partial charge is 0.508 e. The van der Waals surface area contributed by atoms with Crippen molar-refractivity contribution in [3.63, 3.8) is 0 Å². The Balaban J connectivity index is 0.000000140. The Bertz CT molecular complexity index is 726. The summed E-state index contributed by atoms with van der Waals surface area (Å²) in [5.74, 6) is 1.95. The second-order valence-electron chi connectivity index (χ2n) is 4.80. The van der Waals surface area contributed by atoms with Crippen LogP contribution in [0.15, 0.2) is 36.4 Å². The number of hydrogen-bond acceptors (Lipinski definition) is 6. The van der Waals surface area contributed by atoms with E-state index in [4.69, 9.17) is 29.2 Å². The Morgan fingerprint density at radius 1 is 0.870 bits per heavy atom. The lowest BCUT2D eigenvalue weighted by molar-refractivity contribution is -0.136. The minimum absolute atomic E-state index is 0.0106. The Labute approximate surface area is 131 Å². The van der Waals surface area contributed by atoms with E-state index in [1.165, 1.54) is 6.07 Å². The summed E-state index contributed by atoms with van der Waals surface area (Å²) in [6.07, 6.45) is 0.0106. The molecule has 120 valence electrons. The van der Waals surface area contributed by atoms with Crippen LogP contribution in [0.2, 0.25) is 0 Å². The number of aliphatic carboxylic acids is 1. The first kappa shape index (κ1) is 14.8. The topological polar surface area (TPSA) is 94.5 Å². The zero-order chi connectivity index (χ0) is 16.2. The number of carboxylic acids is 1. The first-order valence-corrected chi connectivity index (χ1v) is 6.81. The molecule has 2 N–H and O–H groups in total. The molecule has 0 amide bonds. The van der Waals surface area contributed by atoms with E-state index in [-0.39, 0.29) is 25.8 Å². The van der Waals surface area contributed by atoms with Crippen LogP contribution >= 0.6 is 0 Å². The van der Waals surface area contributed by atoms with Crippen molar-refractivity contribution in [2.75, 3.05) is 13.6 Å². The molecule has 2 heterocycles. The van der Waals surface area contributed by atoms with Gasteiger partial charge < -0.3 is 29.2 Å². The molecule has 0 spiro atoms. The molecular weight excluding hydrogens is 304 g/mol. The lowest BCUT2D eigenvalue weighted by Crippen LogP contribution is -1.99. The third kappa shape index (κ3) is 3.57. The molecule has 0 unspecified atom stereocenters. The fraction of sp³-hybridized carbons (Fsp3) is 0.188. The van der Waals surface area contributed by atoms with Crippen molar-refractivity contribution in [2.24, 2.45) is 0 Å². The van der Waals surface area contributed by atoms with Gasteiger partial charge in [0, 0.05) is 6.07 Å². The zero-order valence-corrected chi connectivity index (χ0v) is 12.0. The van der Waals surface area contributed by atoms with E-state index in [9.17, 15) is 4.79 Å². The molecule has 0 aliphatic carbocycles. The van der Waals surface area contributed by atoms with Crippen molar-refractivity contribution >= 4 is 5.97 Å². The van der Waals surface area contributed by atoms with Gasteiger partial charge in [-0.2, -0.15) is 0 Å². The Hall–Kier alpha value is -3.09. The van der Waals surface area contributed by atoms with Gasteiger partial charge in [-0.3, -0.25) is 4.79 Å². The van der Waals surface area contributed by atoms with Crippen LogP contribution in [0.1, 0.15) is 5.56 Å². The van der Waals surface area contributed by atoms with E-state index in [1.807, 2.05) is 0 Å². The van der Waals surface area contributed by atoms with Gasteiger partial charge in [-0.1, -0.05) is 6.07 Å². The summed E-state index contributed by atoms with van der Waals surface area (Å²) >= 11 is 0. The predicted octanol–water partition coefficient (Wildman–Crippen LogP) is 2.16. The van der Waals surface area contributed by atoms with Crippen molar-refractivity contribution in [3.05, 3.63) is 42.0 Å². The summed E-state index contributed by atoms with van der Waals surface area (Å²) in [6.45, 7) is 0.463. The van der Waals surface area contributed by atoms with Crippen molar-refractivity contribution in [3.8, 4) is 28.7 Å². The number of hydrogen-bond donors (Lipinski definition) is 2. The van der Waals surface area contributed by atoms with Crippen LogP contribution in [-0.2, 0) is 11.2 Å². The molecule has 0 bridgehead atoms. The minimum atomic E-state index is -0.848. The standard InChI is InChI=1S/C9H8O4.C7H6O3/c10-9(11)4-6-1-2-7-8(3-6)13-5-12-7;8-5-1-2-6-7(3-5)10-4-9-6/h1-3H,4-5H2,(H,10,11);1-3,8H,4H2. The van der Waals surface area contributed by atoms with Crippen molar-refractivity contribution < 1.29 is 34.0 Å². The van der Waals surface area contributed by atoms with Gasteiger partial charge in [0.25, 0.3) is 0 Å². The average Bonchev–Trinajstić information content (AvgIpc) is 3.14. The Morgan fingerprint density at radius 3 is 2.09 bits per heavy atom. The maximum Gasteiger partial charge on any atom is 0.307 e. The molecule has 0 aromatic heterocycles. The van der Waals surface area contributed by atoms with E-state index in [2.05, 4.69) is 0 Å². The van der Waals surface area contributed by atoms with Crippen LogP contribution in [0.4, 0.5) is 0 Å². The van der Waals surface area contributed by atoms with Crippen LogP contribution < -0.4 is 18.9 Å². The summed E-state index contributed by atoms with van der Waals surface area (Å²) in [5.41, 5.74) is 0.719. The van der Waals surface area contributed by atoms with Crippen molar-refractivity contribution in [2.45, 2.75) is 6.42 Å². The molecule has 0 saturated carbocycles. The van der Waals surface area contributed by atoms with Crippen LogP contribution in [0.25, 0.3) is 0 Å². The highest BCUT2D eigenvalue weighted by atomic mass is 16.7. The number of fused-ring (bicyclic) bond motifs is 2. The van der Waals surface area contributed by atoms with E-state index >= 15 is 0 Å². The van der Waals surface area contributed by atoms with Crippen LogP contribution in [0, 0.1) is 0 Å². The van der Waals surface area contributed by atoms with Crippen LogP contribution in [0.5, 0.6) is 28.7 Å². The predicted molar refractivity (Wildman–Crippen MR) is 78.1 cm³/mol. The Kier molecular flexibility index (Phi) is 4.09. The number of aromatic hydroxyl groups is 1. The molecule has 2 aliphatic heterocycles. The molecule has 7 nitrogen and oxygen atoms in total. The number of phenols is 1. The van der Waals surface area contributed by atoms with Crippen molar-refractivity contribution in [1.82, 2.24) is 0 Å². The molecule has 4 rings (SSSR count). The SMILES string of the molecule is O=C(O)Cc1ccc2c(c1)OCO2.Oc1ccc2c(c1)OCO2. The van der Waals surface area contributed by atoms with Crippen molar-refractivity contribution in [1.29, 1.82) is 0 Å². The zero-order valence-electron chi connectivity index (χ0n) is 12.0. The highest BCUT2D eigenvalue weighted by Gasteiger charge is 2.14. The highest BCUT2D eigenvalue weighted by Crippen LogP contribution is 2.34. The first-order valence-electron chi connectivity index (χ1n) is 6.81. The number of carbonyl (C=O) groups is 1. The molecule has 2 aliphatic rings. The smallest absolute Gasteiger partial charge is 0.307 e. The molecule has 0 fully saturated rings. The number of benzene rings is 2. The number of rotatable bonds is 2. The van der Waals surface area contributed by atoms with E-state index in [1.54, 1.807) is 30.3 Å². The molecule has 0 atom stereocenters. The summed E-state index contributed by atoms with van der Waals surface area (Å²) in [4.78, 5) is 10.4. The second kappa shape index (κ2) is 6.35. The summed E-state index contributed by atoms with van der Waals surface area (Å²) in [7, 11) is 0. The van der Waals surface area contributed by atoms with Crippen LogP contribution in [-0.4, -0.2) is 29.8 Å². The van der Waals surface area contributed by atoms with E-state index in [0.717, 1.165) is 5.56 Å². The quantitative estimate of drug-likeness (QED) is 0.876. The summed E-state index contributed by atoms with van der Waals surface area (Å²) in [5, 5.41) is 17.5. The Morgan fingerprint density at radius 2 is 1.43 bits per heavy atom. The third-order valence-corrected chi connectivity index (χ3v) is 3.15. The average molecular weight is 318 g/mol. The van der Waals surface area contributed by atoms with Gasteiger partial charge in [-0.25, -0.2) is 0 Å². The maximum atomic E-state index is 10.4. The van der Waals surface area contributed by atoms with Gasteiger partial charge in [-0.05, 0) is 29.8 Å². The summed E-state index contributed by atoms with van der Waals surface area (Å²) < 4.78 is 20.2. The summed E-state index contributed by atoms with van der Waals surface area (Å²) in [6, 6.07) is 9.91. The lowest BCUT2D eigenvalue weighted by Gasteiger charge is -1.98. The fourth-order valence-corrected chi connectivity index (χ4v) is 2.11. The first-order chi connectivity index (χ1) is 11.1. The number of carboxylic acid groups (broad SMARTS) is 1. The molecule has 23 heavy (non-hydrogen) atoms. The van der Waals surface area contributed by atoms with Gasteiger partial charge in [0.15, 0.2) is 23.0 Å². The highest BCUT2D eigenvalue weighted by molar-refractivity contribution is 5.70. The molecule has 2 aromatic carbocycles. The van der Waals surface area contributed by atoms with E-state index < -0.39 is 5.97 Å². The fourth-order valence-electron chi connectivity index (χ4n) is 2.11. The van der Waals surface area contributed by atoms with Crippen LogP contribution in [0.3, 0.4) is 0 Å². The maximum absolute atomic E-state index is 10.4. The van der Waals surface area contributed by atoms with Gasteiger partial charge in [0.05, 0.1) is 6.42 Å². The van der Waals surface area contributed by atoms with Gasteiger partial charge >= 0.3 is 5.97 Å². The molecule has 2 aromatic rings. The molecule has 7 heteroatoms. The molecule has 0 radical (unpaired) electrons. The molecule has 0 saturated heterocycles. The van der Waals surface area contributed by atoms with Gasteiger partial charge in [-0.15, -0.1) is 0 Å². The monoisotopic (exact) mass is 318 g/mol. The van der Waals surface area contributed by atoms with Gasteiger partial charge in [0.2, 0.25) is 13.6 Å². The number of phenolic OH excluding ortho intramolecular Hbond substituents is 1.